The molecule has 0 aliphatic heterocycles. The van der Waals surface area contributed by atoms with E-state index < -0.39 is 12.1 Å². The van der Waals surface area contributed by atoms with Crippen molar-refractivity contribution in [3.8, 4) is 0 Å². The highest BCUT2D eigenvalue weighted by atomic mass is 16.3. The summed E-state index contributed by atoms with van der Waals surface area (Å²) in [6.45, 7) is 3.15. The van der Waals surface area contributed by atoms with Crippen LogP contribution >= 0.6 is 0 Å². The summed E-state index contributed by atoms with van der Waals surface area (Å²) in [7, 11) is 0. The maximum absolute atomic E-state index is 9.94. The number of hydrogen-bond acceptors (Lipinski definition) is 1. The molecular formula is C14H28O. The SMILES string of the molecule is [2H]C([2H])=C([2H])C(C)(O)CCCCCCCCCC. The van der Waals surface area contributed by atoms with Gasteiger partial charge in [0.05, 0.1) is 9.71 Å². The maximum atomic E-state index is 9.94. The van der Waals surface area contributed by atoms with Crippen LogP contribution in [-0.2, 0) is 0 Å². The smallest absolute Gasteiger partial charge is 0.0797 e. The summed E-state index contributed by atoms with van der Waals surface area (Å²) < 4.78 is 21.6. The molecule has 0 radical (unpaired) electrons. The molecule has 0 amide bonds. The minimum absolute atomic E-state index is 0.273. The third-order valence-corrected chi connectivity index (χ3v) is 2.79. The minimum Gasteiger partial charge on any atom is -0.386 e. The lowest BCUT2D eigenvalue weighted by molar-refractivity contribution is 0.0988. The second-order valence-corrected chi connectivity index (χ2v) is 4.62. The molecule has 0 fully saturated rings. The monoisotopic (exact) mass is 215 g/mol. The van der Waals surface area contributed by atoms with Gasteiger partial charge in [0, 0.05) is 0 Å². The molecule has 0 saturated heterocycles. The van der Waals surface area contributed by atoms with Gasteiger partial charge in [-0.05, 0) is 13.3 Å². The standard InChI is InChI=1S/C14H28O/c1-4-6-7-8-9-10-11-12-13-14(3,15)5-2/h5,15H,2,4,6-13H2,1,3H3/i2D2,5D. The zero-order chi connectivity index (χ0) is 14.0. The lowest BCUT2D eigenvalue weighted by atomic mass is 9.98. The van der Waals surface area contributed by atoms with Crippen molar-refractivity contribution in [3.05, 3.63) is 12.6 Å². The van der Waals surface area contributed by atoms with Crippen LogP contribution in [0.1, 0.15) is 75.7 Å². The highest BCUT2D eigenvalue weighted by molar-refractivity contribution is 4.91. The molecule has 1 heteroatoms. The Labute approximate surface area is 99.8 Å². The lowest BCUT2D eigenvalue weighted by Crippen LogP contribution is -2.19. The highest BCUT2D eigenvalue weighted by Gasteiger charge is 2.13. The van der Waals surface area contributed by atoms with E-state index in [0.717, 1.165) is 12.8 Å². The molecule has 0 heterocycles. The zero-order valence-corrected chi connectivity index (χ0v) is 10.3. The molecule has 0 spiro atoms. The number of aliphatic hydroxyl groups is 1. The Balaban J connectivity index is 3.63. The van der Waals surface area contributed by atoms with Crippen molar-refractivity contribution in [2.24, 2.45) is 0 Å². The van der Waals surface area contributed by atoms with Crippen LogP contribution in [0, 0.1) is 0 Å². The molecule has 0 saturated carbocycles. The molecule has 1 N–H and O–H groups in total. The Hall–Kier alpha value is -0.300. The van der Waals surface area contributed by atoms with Crippen LogP contribution in [0.2, 0.25) is 0 Å². The van der Waals surface area contributed by atoms with Crippen molar-refractivity contribution < 1.29 is 9.22 Å². The second-order valence-electron chi connectivity index (χ2n) is 4.62. The summed E-state index contributed by atoms with van der Waals surface area (Å²) >= 11 is 0. The fourth-order valence-electron chi connectivity index (χ4n) is 1.67. The van der Waals surface area contributed by atoms with Gasteiger partial charge in [0.15, 0.2) is 0 Å². The van der Waals surface area contributed by atoms with Crippen molar-refractivity contribution in [3.63, 3.8) is 0 Å². The topological polar surface area (TPSA) is 20.2 Å². The summed E-state index contributed by atoms with van der Waals surface area (Å²) in [5, 5.41) is 9.94. The van der Waals surface area contributed by atoms with Crippen LogP contribution in [0.4, 0.5) is 0 Å². The molecule has 0 aliphatic rings. The van der Waals surface area contributed by atoms with Gasteiger partial charge in [0.1, 0.15) is 0 Å². The molecule has 1 unspecified atom stereocenters. The Morgan fingerprint density at radius 1 is 1.20 bits per heavy atom. The van der Waals surface area contributed by atoms with Crippen LogP contribution in [0.15, 0.2) is 12.6 Å². The van der Waals surface area contributed by atoms with Crippen LogP contribution in [-0.4, -0.2) is 10.7 Å². The number of unbranched alkanes of at least 4 members (excludes halogenated alkanes) is 7. The first-order chi connectivity index (χ1) is 8.41. The lowest BCUT2D eigenvalue weighted by Gasteiger charge is -2.17. The van der Waals surface area contributed by atoms with E-state index in [1.165, 1.54) is 45.4 Å². The predicted molar refractivity (Wildman–Crippen MR) is 68.0 cm³/mol. The minimum atomic E-state index is -1.30. The van der Waals surface area contributed by atoms with Gasteiger partial charge in [-0.3, -0.25) is 0 Å². The molecule has 1 nitrogen and oxygen atoms in total. The van der Waals surface area contributed by atoms with Crippen molar-refractivity contribution in [2.75, 3.05) is 0 Å². The van der Waals surface area contributed by atoms with Crippen LogP contribution < -0.4 is 0 Å². The largest absolute Gasteiger partial charge is 0.386 e. The van der Waals surface area contributed by atoms with Gasteiger partial charge in [0.2, 0.25) is 0 Å². The first-order valence-electron chi connectivity index (χ1n) is 7.78. The van der Waals surface area contributed by atoms with Gasteiger partial charge in [-0.2, -0.15) is 0 Å². The Morgan fingerprint density at radius 3 is 2.27 bits per heavy atom. The van der Waals surface area contributed by atoms with Gasteiger partial charge in [-0.25, -0.2) is 0 Å². The van der Waals surface area contributed by atoms with Crippen molar-refractivity contribution >= 4 is 0 Å². The van der Waals surface area contributed by atoms with E-state index in [1.807, 2.05) is 0 Å². The van der Waals surface area contributed by atoms with Crippen LogP contribution in [0.3, 0.4) is 0 Å². The Bertz CT molecular complexity index is 245. The summed E-state index contributed by atoms with van der Waals surface area (Å²) in [5.41, 5.74) is -1.30. The van der Waals surface area contributed by atoms with Crippen molar-refractivity contribution in [1.29, 1.82) is 0 Å². The molecule has 0 aromatic carbocycles. The molecule has 15 heavy (non-hydrogen) atoms. The molecule has 0 rings (SSSR count). The van der Waals surface area contributed by atoms with Gasteiger partial charge >= 0.3 is 0 Å². The summed E-state index contributed by atoms with van der Waals surface area (Å²) in [6, 6.07) is -0.273. The average molecular weight is 215 g/mol. The number of rotatable bonds is 10. The first-order valence-corrected chi connectivity index (χ1v) is 6.28. The molecular weight excluding hydrogens is 184 g/mol. The van der Waals surface area contributed by atoms with E-state index in [-0.39, 0.29) is 6.05 Å². The van der Waals surface area contributed by atoms with Gasteiger partial charge < -0.3 is 5.11 Å². The quantitative estimate of drug-likeness (QED) is 0.421. The second kappa shape index (κ2) is 8.96. The third-order valence-electron chi connectivity index (χ3n) is 2.79. The molecule has 0 aliphatic carbocycles. The molecule has 0 bridgehead atoms. The summed E-state index contributed by atoms with van der Waals surface area (Å²) in [6.07, 6.45) is 9.99. The fourth-order valence-corrected chi connectivity index (χ4v) is 1.67. The van der Waals surface area contributed by atoms with E-state index >= 15 is 0 Å². The van der Waals surface area contributed by atoms with Gasteiger partial charge in [-0.15, -0.1) is 6.53 Å². The number of hydrogen-bond donors (Lipinski definition) is 1. The van der Waals surface area contributed by atoms with Crippen molar-refractivity contribution in [2.45, 2.75) is 77.2 Å². The molecule has 0 aromatic rings. The normalized spacial score (nSPS) is 17.4. The average Bonchev–Trinajstić information content (AvgIpc) is 2.31. The molecule has 1 atom stereocenters. The maximum Gasteiger partial charge on any atom is 0.0797 e. The summed E-state index contributed by atoms with van der Waals surface area (Å²) in [4.78, 5) is 0. The van der Waals surface area contributed by atoms with E-state index in [9.17, 15) is 5.11 Å². The molecule has 90 valence electrons. The highest BCUT2D eigenvalue weighted by Crippen LogP contribution is 2.16. The fraction of sp³-hybridized carbons (Fsp3) is 0.857. The van der Waals surface area contributed by atoms with Gasteiger partial charge in [0.25, 0.3) is 0 Å². The van der Waals surface area contributed by atoms with Crippen LogP contribution in [0.5, 0.6) is 0 Å². The van der Waals surface area contributed by atoms with E-state index in [0.29, 0.717) is 6.42 Å². The van der Waals surface area contributed by atoms with Gasteiger partial charge in [-0.1, -0.05) is 64.3 Å². The van der Waals surface area contributed by atoms with E-state index in [4.69, 9.17) is 4.11 Å². The van der Waals surface area contributed by atoms with Crippen molar-refractivity contribution in [1.82, 2.24) is 0 Å². The van der Waals surface area contributed by atoms with Crippen LogP contribution in [0.25, 0.3) is 0 Å². The Kier molecular flexibility index (Phi) is 5.91. The Morgan fingerprint density at radius 2 is 1.73 bits per heavy atom. The van der Waals surface area contributed by atoms with E-state index in [1.54, 1.807) is 0 Å². The third kappa shape index (κ3) is 9.99. The van der Waals surface area contributed by atoms with E-state index in [2.05, 4.69) is 6.92 Å². The summed E-state index contributed by atoms with van der Waals surface area (Å²) in [5.74, 6) is 0. The molecule has 0 aromatic heterocycles. The first kappa shape index (κ1) is 9.89. The zero-order valence-electron chi connectivity index (χ0n) is 13.3. The predicted octanol–water partition coefficient (Wildman–Crippen LogP) is 4.45.